The summed E-state index contributed by atoms with van der Waals surface area (Å²) in [7, 11) is 0. The van der Waals surface area contributed by atoms with E-state index in [4.69, 9.17) is 0 Å². The first-order valence-corrected chi connectivity index (χ1v) is 12.1. The van der Waals surface area contributed by atoms with Gasteiger partial charge in [0.25, 0.3) is 0 Å². The molecule has 1 aromatic heterocycles. The molecule has 0 saturated heterocycles. The summed E-state index contributed by atoms with van der Waals surface area (Å²) in [5.41, 5.74) is 5.13. The lowest BCUT2D eigenvalue weighted by Gasteiger charge is -2.41. The molecule has 2 aliphatic rings. The highest BCUT2D eigenvalue weighted by Crippen LogP contribution is 2.47. The summed E-state index contributed by atoms with van der Waals surface area (Å²) < 4.78 is 0.879. The average molecular weight is 514 g/mol. The topological polar surface area (TPSA) is 77.3 Å². The second kappa shape index (κ2) is 9.03. The monoisotopic (exact) mass is 513 g/mol. The van der Waals surface area contributed by atoms with Gasteiger partial charge < -0.3 is 5.11 Å². The largest absolute Gasteiger partial charge is 0.507 e. The molecule has 5 rings (SSSR count). The third-order valence-electron chi connectivity index (χ3n) is 6.42. The highest BCUT2D eigenvalue weighted by molar-refractivity contribution is 9.10. The van der Waals surface area contributed by atoms with Crippen molar-refractivity contribution in [3.63, 3.8) is 0 Å². The molecule has 2 heterocycles. The highest BCUT2D eigenvalue weighted by Gasteiger charge is 2.43. The average Bonchev–Trinajstić information content (AvgIpc) is 2.84. The minimum absolute atomic E-state index is 0.00349. The molecule has 1 aliphatic carbocycles. The summed E-state index contributed by atoms with van der Waals surface area (Å²) in [6, 6.07) is 19.0. The summed E-state index contributed by atoms with van der Waals surface area (Å²) in [5, 5.41) is 20.9. The van der Waals surface area contributed by atoms with Crippen molar-refractivity contribution < 1.29 is 9.90 Å². The molecule has 0 radical (unpaired) electrons. The predicted octanol–water partition coefficient (Wildman–Crippen LogP) is 6.71. The molecule has 6 heteroatoms. The lowest BCUT2D eigenvalue weighted by atomic mass is 9.73. The number of aliphatic hydroxyl groups is 1. The molecule has 1 aliphatic heterocycles. The second-order valence-electron chi connectivity index (χ2n) is 8.65. The van der Waals surface area contributed by atoms with Crippen LogP contribution in [0.4, 0.5) is 5.69 Å². The standard InChI is InChI=1S/C28H24BrN3O2/c1-17-10-12-18(13-11-17)27(34)26-24(19-5-4-14-31-16-19)25-22(8-3-9-23(25)33)32(28(26)30)21-7-2-6-20(29)15-21/h2,4-7,10-16,24,30,34H,3,8-9H2,1H3/b27-26+,30-28?. The summed E-state index contributed by atoms with van der Waals surface area (Å²) in [6.07, 6.45) is 5.28. The molecule has 0 spiro atoms. The fraction of sp³-hybridized carbons (Fsp3) is 0.179. The van der Waals surface area contributed by atoms with Crippen molar-refractivity contribution in [1.29, 1.82) is 5.41 Å². The van der Waals surface area contributed by atoms with Gasteiger partial charge in [-0.25, -0.2) is 0 Å². The number of Topliss-reactive ketones (excluding diaryl/α,β-unsaturated/α-hetero) is 1. The number of amidine groups is 1. The number of anilines is 1. The van der Waals surface area contributed by atoms with E-state index >= 15 is 0 Å². The van der Waals surface area contributed by atoms with Gasteiger partial charge in [-0.15, -0.1) is 0 Å². The van der Waals surface area contributed by atoms with Crippen LogP contribution >= 0.6 is 15.9 Å². The van der Waals surface area contributed by atoms with Crippen molar-refractivity contribution in [1.82, 2.24) is 4.98 Å². The molecule has 34 heavy (non-hydrogen) atoms. The Labute approximate surface area is 207 Å². The van der Waals surface area contributed by atoms with Crippen LogP contribution in [0.5, 0.6) is 0 Å². The van der Waals surface area contributed by atoms with Gasteiger partial charge in [0, 0.05) is 57.3 Å². The molecular weight excluding hydrogens is 490 g/mol. The quantitative estimate of drug-likeness (QED) is 0.381. The third-order valence-corrected chi connectivity index (χ3v) is 6.91. The van der Waals surface area contributed by atoms with E-state index in [9.17, 15) is 15.3 Å². The number of ketones is 1. The van der Waals surface area contributed by atoms with Gasteiger partial charge in [0.2, 0.25) is 0 Å². The molecule has 2 aromatic carbocycles. The molecule has 0 amide bonds. The number of nitrogens with zero attached hydrogens (tertiary/aromatic N) is 2. The second-order valence-corrected chi connectivity index (χ2v) is 9.56. The third kappa shape index (κ3) is 3.88. The van der Waals surface area contributed by atoms with E-state index in [2.05, 4.69) is 20.9 Å². The number of allylic oxidation sites excluding steroid dienone is 2. The Morgan fingerprint density at radius 3 is 2.62 bits per heavy atom. The molecule has 170 valence electrons. The summed E-state index contributed by atoms with van der Waals surface area (Å²) in [4.78, 5) is 19.5. The minimum Gasteiger partial charge on any atom is -0.507 e. The number of hydrogen-bond acceptors (Lipinski definition) is 4. The van der Waals surface area contributed by atoms with E-state index < -0.39 is 5.92 Å². The lowest BCUT2D eigenvalue weighted by molar-refractivity contribution is -0.116. The van der Waals surface area contributed by atoms with Gasteiger partial charge in [-0.05, 0) is 49.6 Å². The van der Waals surface area contributed by atoms with Crippen LogP contribution in [0, 0.1) is 12.3 Å². The van der Waals surface area contributed by atoms with Gasteiger partial charge >= 0.3 is 0 Å². The van der Waals surface area contributed by atoms with Gasteiger partial charge in [0.1, 0.15) is 11.6 Å². The van der Waals surface area contributed by atoms with Gasteiger partial charge in [-0.2, -0.15) is 0 Å². The predicted molar refractivity (Wildman–Crippen MR) is 138 cm³/mol. The zero-order valence-corrected chi connectivity index (χ0v) is 20.3. The Bertz CT molecular complexity index is 1340. The Kier molecular flexibility index (Phi) is 5.92. The Morgan fingerprint density at radius 2 is 1.91 bits per heavy atom. The van der Waals surface area contributed by atoms with Crippen LogP contribution in [-0.4, -0.2) is 21.7 Å². The number of aryl methyl sites for hydroxylation is 1. The fourth-order valence-electron chi connectivity index (χ4n) is 4.84. The normalized spacial score (nSPS) is 19.8. The number of hydrogen-bond donors (Lipinski definition) is 2. The lowest BCUT2D eigenvalue weighted by Crippen LogP contribution is -2.42. The number of rotatable bonds is 3. The molecule has 1 atom stereocenters. The molecule has 3 aromatic rings. The maximum atomic E-state index is 13.4. The van der Waals surface area contributed by atoms with E-state index in [1.807, 2.05) is 72.5 Å². The summed E-state index contributed by atoms with van der Waals surface area (Å²) in [6.45, 7) is 1.99. The van der Waals surface area contributed by atoms with E-state index in [1.54, 1.807) is 12.4 Å². The zero-order chi connectivity index (χ0) is 23.8. The van der Waals surface area contributed by atoms with Crippen LogP contribution < -0.4 is 4.90 Å². The van der Waals surface area contributed by atoms with Gasteiger partial charge in [-0.1, -0.05) is 57.9 Å². The van der Waals surface area contributed by atoms with Gasteiger partial charge in [0.05, 0.1) is 0 Å². The van der Waals surface area contributed by atoms with Crippen molar-refractivity contribution >= 4 is 39.0 Å². The van der Waals surface area contributed by atoms with Crippen LogP contribution in [-0.2, 0) is 4.79 Å². The first-order chi connectivity index (χ1) is 16.5. The van der Waals surface area contributed by atoms with Crippen LogP contribution in [0.1, 0.15) is 41.9 Å². The van der Waals surface area contributed by atoms with Crippen LogP contribution in [0.25, 0.3) is 5.76 Å². The molecule has 5 nitrogen and oxygen atoms in total. The van der Waals surface area contributed by atoms with E-state index in [0.717, 1.165) is 33.4 Å². The van der Waals surface area contributed by atoms with Gasteiger partial charge in [0.15, 0.2) is 5.78 Å². The maximum Gasteiger partial charge on any atom is 0.161 e. The minimum atomic E-state index is -0.561. The maximum absolute atomic E-state index is 13.4. The van der Waals surface area contributed by atoms with Crippen LogP contribution in [0.3, 0.4) is 0 Å². The molecule has 2 N–H and O–H groups in total. The van der Waals surface area contributed by atoms with Crippen LogP contribution in [0.2, 0.25) is 0 Å². The van der Waals surface area contributed by atoms with Crippen LogP contribution in [0.15, 0.2) is 94.4 Å². The Morgan fingerprint density at radius 1 is 1.12 bits per heavy atom. The smallest absolute Gasteiger partial charge is 0.161 e. The number of halogens is 1. The number of aliphatic hydroxyl groups excluding tert-OH is 1. The molecule has 0 fully saturated rings. The summed E-state index contributed by atoms with van der Waals surface area (Å²) in [5.74, 6) is -0.340. The first kappa shape index (κ1) is 22.3. The van der Waals surface area contributed by atoms with E-state index in [1.165, 1.54) is 0 Å². The van der Waals surface area contributed by atoms with Crippen molar-refractivity contribution in [2.75, 3.05) is 4.90 Å². The van der Waals surface area contributed by atoms with E-state index in [-0.39, 0.29) is 17.4 Å². The number of carbonyl (C=O) groups excluding carboxylic acids is 1. The number of benzene rings is 2. The SMILES string of the molecule is Cc1ccc(/C(O)=C2\C(=N)N(c3cccc(Br)c3)C3=C(C(=O)CCC3)C2c2cccnc2)cc1. The van der Waals surface area contributed by atoms with Crippen molar-refractivity contribution in [2.24, 2.45) is 0 Å². The zero-order valence-electron chi connectivity index (χ0n) is 18.8. The van der Waals surface area contributed by atoms with Crippen molar-refractivity contribution in [3.05, 3.63) is 111 Å². The molecule has 1 unspecified atom stereocenters. The van der Waals surface area contributed by atoms with Crippen molar-refractivity contribution in [3.8, 4) is 0 Å². The first-order valence-electron chi connectivity index (χ1n) is 11.3. The Hall–Kier alpha value is -3.51. The molecular formula is C28H24BrN3O2. The number of pyridine rings is 1. The fourth-order valence-corrected chi connectivity index (χ4v) is 5.23. The summed E-state index contributed by atoms with van der Waals surface area (Å²) >= 11 is 3.53. The molecule has 0 saturated carbocycles. The number of aromatic nitrogens is 1. The number of carbonyl (C=O) groups is 1. The van der Waals surface area contributed by atoms with E-state index in [0.29, 0.717) is 29.6 Å². The van der Waals surface area contributed by atoms with Crippen molar-refractivity contribution in [2.45, 2.75) is 32.1 Å². The van der Waals surface area contributed by atoms with Gasteiger partial charge in [-0.3, -0.25) is 20.1 Å². The number of nitrogens with one attached hydrogen (secondary N) is 1. The highest BCUT2D eigenvalue weighted by atomic mass is 79.9. The Balaban J connectivity index is 1.82. The molecule has 0 bridgehead atoms.